The van der Waals surface area contributed by atoms with Crippen LogP contribution in [0, 0.1) is 0 Å². The molecule has 0 saturated heterocycles. The number of hydrogen-bond donors (Lipinski definition) is 5. The zero-order chi connectivity index (χ0) is 23.5. The zero-order valence-corrected chi connectivity index (χ0v) is 19.6. The van der Waals surface area contributed by atoms with Crippen molar-refractivity contribution in [1.29, 1.82) is 0 Å². The first-order valence-electron chi connectivity index (χ1n) is 9.31. The van der Waals surface area contributed by atoms with Crippen molar-refractivity contribution < 1.29 is 28.8 Å². The van der Waals surface area contributed by atoms with Crippen LogP contribution in [-0.2, 0) is 13.9 Å². The van der Waals surface area contributed by atoms with Crippen molar-refractivity contribution in [3.8, 4) is 0 Å². The van der Waals surface area contributed by atoms with E-state index >= 15 is 0 Å². The van der Waals surface area contributed by atoms with Crippen LogP contribution in [0.3, 0.4) is 0 Å². The highest BCUT2D eigenvalue weighted by molar-refractivity contribution is 7.62. The smallest absolute Gasteiger partial charge is 0.352 e. The molecule has 0 aliphatic heterocycles. The molecule has 1 unspecified atom stereocenters. The van der Waals surface area contributed by atoms with Gasteiger partial charge in [0.15, 0.2) is 17.0 Å². The van der Waals surface area contributed by atoms with Crippen molar-refractivity contribution in [2.75, 3.05) is 23.8 Å². The lowest BCUT2D eigenvalue weighted by Gasteiger charge is -2.21. The summed E-state index contributed by atoms with van der Waals surface area (Å²) < 4.78 is 28.8. The summed E-state index contributed by atoms with van der Waals surface area (Å²) in [5.74, 6) is 0.581. The Kier molecular flexibility index (Phi) is 7.46. The molecule has 5 N–H and O–H groups in total. The van der Waals surface area contributed by atoms with Crippen LogP contribution in [0.2, 0.25) is 5.02 Å². The summed E-state index contributed by atoms with van der Waals surface area (Å²) in [6, 6.07) is 7.12. The van der Waals surface area contributed by atoms with Gasteiger partial charge in [-0.05, 0) is 32.0 Å². The monoisotopic (exact) mass is 502 g/mol. The molecule has 2 aromatic heterocycles. The molecule has 3 aromatic rings. The fraction of sp³-hybridized carbons (Fsp3) is 0.353. The summed E-state index contributed by atoms with van der Waals surface area (Å²) in [7, 11) is -6.43. The van der Waals surface area contributed by atoms with Gasteiger partial charge in [0.05, 0.1) is 12.9 Å². The third kappa shape index (κ3) is 5.41. The number of anilines is 3. The zero-order valence-electron chi connectivity index (χ0n) is 17.0. The van der Waals surface area contributed by atoms with E-state index in [0.29, 0.717) is 27.7 Å². The number of halogens is 1. The summed E-state index contributed by atoms with van der Waals surface area (Å²) in [4.78, 5) is 31.4. The second-order valence-corrected chi connectivity index (χ2v) is 10.2. The predicted octanol–water partition coefficient (Wildman–Crippen LogP) is 3.31. The Bertz CT molecular complexity index is 1170. The lowest BCUT2D eigenvalue weighted by Crippen LogP contribution is -2.28. The number of rotatable bonds is 10. The minimum atomic E-state index is -5.18. The van der Waals surface area contributed by atoms with E-state index < -0.39 is 27.9 Å². The van der Waals surface area contributed by atoms with Crippen molar-refractivity contribution in [2.45, 2.75) is 25.2 Å². The first kappa shape index (κ1) is 24.5. The molecule has 0 amide bonds. The van der Waals surface area contributed by atoms with Crippen LogP contribution < -0.4 is 10.6 Å². The molecule has 0 aliphatic rings. The molecule has 3 rings (SSSR count). The largest absolute Gasteiger partial charge is 0.397 e. The topological polar surface area (TPSA) is 172 Å². The Balaban J connectivity index is 1.84. The number of benzene rings is 1. The fourth-order valence-corrected chi connectivity index (χ4v) is 3.70. The normalized spacial score (nSPS) is 14.1. The fourth-order valence-electron chi connectivity index (χ4n) is 2.68. The molecule has 0 spiro atoms. The number of nitrogens with zero attached hydrogens (tertiary/aromatic N) is 4. The highest BCUT2D eigenvalue weighted by Crippen LogP contribution is 2.55. The van der Waals surface area contributed by atoms with E-state index in [9.17, 15) is 14.2 Å². The van der Waals surface area contributed by atoms with E-state index in [-0.39, 0.29) is 18.5 Å². The summed E-state index contributed by atoms with van der Waals surface area (Å²) in [5, 5.41) is 13.1. The third-order valence-electron chi connectivity index (χ3n) is 4.24. The minimum absolute atomic E-state index is 0.0459. The van der Waals surface area contributed by atoms with Crippen LogP contribution in [0.1, 0.15) is 19.9 Å². The van der Waals surface area contributed by atoms with Crippen LogP contribution >= 0.6 is 27.7 Å². The van der Waals surface area contributed by atoms with Crippen LogP contribution in [0.15, 0.2) is 30.6 Å². The maximum Gasteiger partial charge on any atom is 0.397 e. The molecule has 12 nitrogen and oxygen atoms in total. The second kappa shape index (κ2) is 9.76. The molecular weight excluding hydrogens is 482 g/mol. The van der Waals surface area contributed by atoms with Gasteiger partial charge in [0.25, 0.3) is 0 Å². The van der Waals surface area contributed by atoms with Crippen LogP contribution in [-0.4, -0.2) is 52.8 Å². The van der Waals surface area contributed by atoms with Gasteiger partial charge < -0.3 is 34.8 Å². The Morgan fingerprint density at radius 1 is 1.34 bits per heavy atom. The summed E-state index contributed by atoms with van der Waals surface area (Å²) in [6.45, 7) is 3.51. The number of ether oxygens (including phenoxy) is 1. The van der Waals surface area contributed by atoms with Gasteiger partial charge in [-0.2, -0.15) is 9.97 Å². The molecule has 0 saturated carbocycles. The SMILES string of the molecule is CC(C)n1cnc2c(Nc3cccc(Cl)c3)nc(NCCOC(O)(P=O)P(=O)(O)O)nc21. The Morgan fingerprint density at radius 3 is 2.72 bits per heavy atom. The molecule has 0 radical (unpaired) electrons. The van der Waals surface area contributed by atoms with Crippen LogP contribution in [0.4, 0.5) is 17.5 Å². The quantitative estimate of drug-likeness (QED) is 0.156. The van der Waals surface area contributed by atoms with E-state index in [1.165, 1.54) is 0 Å². The van der Waals surface area contributed by atoms with Crippen molar-refractivity contribution in [3.05, 3.63) is 35.6 Å². The van der Waals surface area contributed by atoms with E-state index in [4.69, 9.17) is 26.1 Å². The van der Waals surface area contributed by atoms with Gasteiger partial charge in [-0.1, -0.05) is 17.7 Å². The van der Waals surface area contributed by atoms with Crippen molar-refractivity contribution in [3.63, 3.8) is 0 Å². The number of hydrogen-bond acceptors (Lipinski definition) is 9. The third-order valence-corrected chi connectivity index (χ3v) is 6.76. The maximum atomic E-state index is 11.2. The number of imidazole rings is 1. The Labute approximate surface area is 189 Å². The van der Waals surface area contributed by atoms with E-state index in [0.717, 1.165) is 0 Å². The predicted molar refractivity (Wildman–Crippen MR) is 119 cm³/mol. The van der Waals surface area contributed by atoms with Gasteiger partial charge in [0.1, 0.15) is 0 Å². The lowest BCUT2D eigenvalue weighted by atomic mass is 10.3. The van der Waals surface area contributed by atoms with Gasteiger partial charge in [-0.3, -0.25) is 9.13 Å². The second-order valence-electron chi connectivity index (χ2n) is 6.93. The first-order valence-corrected chi connectivity index (χ1v) is 12.1. The van der Waals surface area contributed by atoms with Gasteiger partial charge in [0.2, 0.25) is 14.4 Å². The van der Waals surface area contributed by atoms with Gasteiger partial charge in [-0.15, -0.1) is 0 Å². The van der Waals surface area contributed by atoms with Crippen molar-refractivity contribution in [2.24, 2.45) is 0 Å². The van der Waals surface area contributed by atoms with Gasteiger partial charge >= 0.3 is 12.9 Å². The molecule has 15 heteroatoms. The average molecular weight is 503 g/mol. The van der Waals surface area contributed by atoms with Crippen LogP contribution in [0.25, 0.3) is 11.2 Å². The van der Waals surface area contributed by atoms with Gasteiger partial charge in [0, 0.05) is 23.3 Å². The lowest BCUT2D eigenvalue weighted by molar-refractivity contribution is -0.0841. The Hall–Kier alpha value is -2.17. The summed E-state index contributed by atoms with van der Waals surface area (Å²) >= 11 is 6.05. The first-order chi connectivity index (χ1) is 15.0. The van der Waals surface area contributed by atoms with Crippen molar-refractivity contribution >= 4 is 56.3 Å². The van der Waals surface area contributed by atoms with Crippen molar-refractivity contribution in [1.82, 2.24) is 19.5 Å². The highest BCUT2D eigenvalue weighted by atomic mass is 35.5. The molecule has 0 fully saturated rings. The van der Waals surface area contributed by atoms with E-state index in [1.54, 1.807) is 24.5 Å². The number of aromatic nitrogens is 4. The molecule has 172 valence electrons. The summed E-state index contributed by atoms with van der Waals surface area (Å²) in [6.07, 6.45) is 1.65. The molecule has 2 heterocycles. The molecule has 0 bridgehead atoms. The standard InChI is InChI=1S/C17H21ClN6O6P2/c1-10(2)24-9-20-13-14(21-12-5-3-4-11(18)8-12)22-16(23-15(13)24)19-6-7-30-17(25,31-26)32(27,28)29/h3-5,8-10,25H,6-7H2,1-2H3,(H2,27,28,29)(H2,19,21,22,23). The molecule has 1 atom stereocenters. The summed E-state index contributed by atoms with van der Waals surface area (Å²) in [5.41, 5.74) is 1.77. The molecule has 1 aromatic carbocycles. The number of aliphatic hydroxyl groups is 1. The number of fused-ring (bicyclic) bond motifs is 1. The van der Waals surface area contributed by atoms with E-state index in [1.807, 2.05) is 24.5 Å². The minimum Gasteiger partial charge on any atom is -0.352 e. The molecular formula is C17H21ClN6O6P2. The molecule has 0 aliphatic carbocycles. The van der Waals surface area contributed by atoms with Gasteiger partial charge in [-0.25, -0.2) is 4.98 Å². The average Bonchev–Trinajstić information content (AvgIpc) is 3.15. The maximum absolute atomic E-state index is 11.2. The number of nitrogens with one attached hydrogen (secondary N) is 2. The Morgan fingerprint density at radius 2 is 2.09 bits per heavy atom. The molecule has 32 heavy (non-hydrogen) atoms. The highest BCUT2D eigenvalue weighted by Gasteiger charge is 2.48. The van der Waals surface area contributed by atoms with E-state index in [2.05, 4.69) is 25.6 Å². The van der Waals surface area contributed by atoms with Crippen LogP contribution in [0.5, 0.6) is 0 Å².